The Kier molecular flexibility index (Phi) is 4.42. The zero-order valence-corrected chi connectivity index (χ0v) is 13.3. The molecule has 2 rings (SSSR count). The molecule has 5 nitrogen and oxygen atoms in total. The molecule has 0 spiro atoms. The molecule has 0 bridgehead atoms. The fourth-order valence-corrected chi connectivity index (χ4v) is 2.70. The molecule has 0 aromatic heterocycles. The number of nitrogen functional groups attached to an aromatic ring is 1. The van der Waals surface area contributed by atoms with Gasteiger partial charge in [0.05, 0.1) is 18.4 Å². The van der Waals surface area contributed by atoms with E-state index in [1.54, 1.807) is 25.3 Å². The van der Waals surface area contributed by atoms with E-state index in [4.69, 9.17) is 10.5 Å². The summed E-state index contributed by atoms with van der Waals surface area (Å²) in [6.07, 6.45) is 0. The van der Waals surface area contributed by atoms with Gasteiger partial charge in [0.2, 0.25) is 0 Å². The van der Waals surface area contributed by atoms with Gasteiger partial charge >= 0.3 is 0 Å². The number of methoxy groups -OCH3 is 1. The number of anilines is 1. The molecule has 1 amide bonds. The number of carbonyl (C=O) groups is 1. The number of benzene rings is 1. The van der Waals surface area contributed by atoms with Crippen LogP contribution in [0.3, 0.4) is 0 Å². The Hall–Kier alpha value is -1.75. The lowest BCUT2D eigenvalue weighted by molar-refractivity contribution is 0.0449. The van der Waals surface area contributed by atoms with E-state index >= 15 is 0 Å². The maximum absolute atomic E-state index is 12.7. The molecule has 1 aliphatic rings. The van der Waals surface area contributed by atoms with Crippen LogP contribution < -0.4 is 10.5 Å². The zero-order valence-electron chi connectivity index (χ0n) is 13.3. The van der Waals surface area contributed by atoms with Gasteiger partial charge in [-0.25, -0.2) is 0 Å². The van der Waals surface area contributed by atoms with Gasteiger partial charge in [0.15, 0.2) is 5.75 Å². The van der Waals surface area contributed by atoms with E-state index in [0.717, 1.165) is 26.2 Å². The molecule has 0 saturated carbocycles. The van der Waals surface area contributed by atoms with Crippen molar-refractivity contribution >= 4 is 11.6 Å². The van der Waals surface area contributed by atoms with E-state index in [1.165, 1.54) is 0 Å². The lowest BCUT2D eigenvalue weighted by atomic mass is 10.0. The molecule has 1 aromatic carbocycles. The van der Waals surface area contributed by atoms with Crippen LogP contribution in [0.15, 0.2) is 18.2 Å². The number of piperazine rings is 1. The predicted molar refractivity (Wildman–Crippen MR) is 84.6 cm³/mol. The van der Waals surface area contributed by atoms with E-state index < -0.39 is 0 Å². The second kappa shape index (κ2) is 5.93. The van der Waals surface area contributed by atoms with Crippen molar-refractivity contribution < 1.29 is 9.53 Å². The van der Waals surface area contributed by atoms with Crippen molar-refractivity contribution in [3.05, 3.63) is 23.8 Å². The predicted octanol–water partition coefficient (Wildman–Crippen LogP) is 1.83. The minimum absolute atomic E-state index is 0.00675. The Morgan fingerprint density at radius 3 is 2.33 bits per heavy atom. The van der Waals surface area contributed by atoms with E-state index in [2.05, 4.69) is 25.7 Å². The Balaban J connectivity index is 2.11. The van der Waals surface area contributed by atoms with E-state index in [-0.39, 0.29) is 11.4 Å². The molecule has 1 heterocycles. The molecule has 0 aliphatic carbocycles. The molecule has 1 fully saturated rings. The topological polar surface area (TPSA) is 58.8 Å². The van der Waals surface area contributed by atoms with E-state index in [0.29, 0.717) is 17.0 Å². The first kappa shape index (κ1) is 15.6. The van der Waals surface area contributed by atoms with Gasteiger partial charge in [0.25, 0.3) is 5.91 Å². The first-order valence-electron chi connectivity index (χ1n) is 7.31. The summed E-state index contributed by atoms with van der Waals surface area (Å²) in [6.45, 7) is 9.84. The normalized spacial score (nSPS) is 16.9. The van der Waals surface area contributed by atoms with Crippen LogP contribution in [0.4, 0.5) is 5.69 Å². The maximum atomic E-state index is 12.7. The van der Waals surface area contributed by atoms with Crippen LogP contribution in [0.2, 0.25) is 0 Å². The van der Waals surface area contributed by atoms with Crippen molar-refractivity contribution in [2.24, 2.45) is 0 Å². The molecular weight excluding hydrogens is 266 g/mol. The van der Waals surface area contributed by atoms with Crippen LogP contribution in [0, 0.1) is 0 Å². The SMILES string of the molecule is COc1c(N)cccc1C(=O)N1CCN(C(C)(C)C)CC1. The van der Waals surface area contributed by atoms with E-state index in [1.807, 2.05) is 4.90 Å². The Labute approximate surface area is 126 Å². The third-order valence-electron chi connectivity index (χ3n) is 4.00. The second-order valence-corrected chi connectivity index (χ2v) is 6.38. The average Bonchev–Trinajstić information content (AvgIpc) is 2.45. The first-order chi connectivity index (χ1) is 9.84. The van der Waals surface area contributed by atoms with Crippen molar-refractivity contribution in [3.8, 4) is 5.75 Å². The Morgan fingerprint density at radius 2 is 1.81 bits per heavy atom. The standard InChI is InChI=1S/C16H25N3O2/c1-16(2,3)19-10-8-18(9-11-19)15(20)12-6-5-7-13(17)14(12)21-4/h5-7H,8-11,17H2,1-4H3. The van der Waals surface area contributed by atoms with Crippen LogP contribution in [0.25, 0.3) is 0 Å². The molecule has 1 aliphatic heterocycles. The zero-order chi connectivity index (χ0) is 15.6. The van der Waals surface area contributed by atoms with Gasteiger partial charge in [-0.1, -0.05) is 6.07 Å². The van der Waals surface area contributed by atoms with Gasteiger partial charge in [-0.3, -0.25) is 9.69 Å². The maximum Gasteiger partial charge on any atom is 0.257 e. The number of nitrogens with two attached hydrogens (primary N) is 1. The number of rotatable bonds is 2. The lowest BCUT2D eigenvalue weighted by Gasteiger charge is -2.42. The van der Waals surface area contributed by atoms with Gasteiger partial charge in [-0.05, 0) is 32.9 Å². The molecule has 21 heavy (non-hydrogen) atoms. The number of para-hydroxylation sites is 1. The average molecular weight is 291 g/mol. The second-order valence-electron chi connectivity index (χ2n) is 6.38. The molecular formula is C16H25N3O2. The monoisotopic (exact) mass is 291 g/mol. The van der Waals surface area contributed by atoms with Gasteiger partial charge < -0.3 is 15.4 Å². The van der Waals surface area contributed by atoms with Crippen LogP contribution in [0.5, 0.6) is 5.75 Å². The Bertz CT molecular complexity index is 515. The lowest BCUT2D eigenvalue weighted by Crippen LogP contribution is -2.54. The summed E-state index contributed by atoms with van der Waals surface area (Å²) >= 11 is 0. The molecule has 1 saturated heterocycles. The largest absolute Gasteiger partial charge is 0.494 e. The summed E-state index contributed by atoms with van der Waals surface area (Å²) in [5, 5.41) is 0. The van der Waals surface area contributed by atoms with Crippen LogP contribution >= 0.6 is 0 Å². The molecule has 5 heteroatoms. The number of nitrogens with zero attached hydrogens (tertiary/aromatic N) is 2. The number of hydrogen-bond donors (Lipinski definition) is 1. The van der Waals surface area contributed by atoms with Gasteiger partial charge in [-0.2, -0.15) is 0 Å². The number of carbonyl (C=O) groups excluding carboxylic acids is 1. The molecule has 0 radical (unpaired) electrons. The highest BCUT2D eigenvalue weighted by atomic mass is 16.5. The highest BCUT2D eigenvalue weighted by Gasteiger charge is 2.29. The van der Waals surface area contributed by atoms with Crippen molar-refractivity contribution in [1.29, 1.82) is 0 Å². The molecule has 2 N–H and O–H groups in total. The smallest absolute Gasteiger partial charge is 0.257 e. The van der Waals surface area contributed by atoms with Crippen molar-refractivity contribution in [2.75, 3.05) is 39.0 Å². The number of amides is 1. The quantitative estimate of drug-likeness (QED) is 0.845. The Morgan fingerprint density at radius 1 is 1.19 bits per heavy atom. The van der Waals surface area contributed by atoms with Crippen molar-refractivity contribution in [3.63, 3.8) is 0 Å². The number of ether oxygens (including phenoxy) is 1. The van der Waals surface area contributed by atoms with Crippen molar-refractivity contribution in [2.45, 2.75) is 26.3 Å². The molecule has 1 aromatic rings. The summed E-state index contributed by atoms with van der Waals surface area (Å²) in [5.74, 6) is 0.466. The third-order valence-corrected chi connectivity index (χ3v) is 4.00. The first-order valence-corrected chi connectivity index (χ1v) is 7.31. The molecule has 116 valence electrons. The summed E-state index contributed by atoms with van der Waals surface area (Å²) in [5.41, 5.74) is 7.06. The van der Waals surface area contributed by atoms with Crippen LogP contribution in [0.1, 0.15) is 31.1 Å². The van der Waals surface area contributed by atoms with E-state index in [9.17, 15) is 4.79 Å². The minimum atomic E-state index is -0.00675. The fraction of sp³-hybridized carbons (Fsp3) is 0.562. The van der Waals surface area contributed by atoms with Crippen LogP contribution in [-0.4, -0.2) is 54.5 Å². The molecule has 0 atom stereocenters. The summed E-state index contributed by atoms with van der Waals surface area (Å²) < 4.78 is 5.28. The summed E-state index contributed by atoms with van der Waals surface area (Å²) in [6, 6.07) is 5.30. The third kappa shape index (κ3) is 3.29. The minimum Gasteiger partial charge on any atom is -0.494 e. The fourth-order valence-electron chi connectivity index (χ4n) is 2.70. The van der Waals surface area contributed by atoms with Gasteiger partial charge in [0.1, 0.15) is 0 Å². The highest BCUT2D eigenvalue weighted by molar-refractivity contribution is 5.98. The highest BCUT2D eigenvalue weighted by Crippen LogP contribution is 2.27. The van der Waals surface area contributed by atoms with Crippen LogP contribution in [-0.2, 0) is 0 Å². The van der Waals surface area contributed by atoms with Crippen molar-refractivity contribution in [1.82, 2.24) is 9.80 Å². The number of hydrogen-bond acceptors (Lipinski definition) is 4. The summed E-state index contributed by atoms with van der Waals surface area (Å²) in [7, 11) is 1.54. The van der Waals surface area contributed by atoms with Gasteiger partial charge in [0, 0.05) is 31.7 Å². The molecule has 0 unspecified atom stereocenters. The summed E-state index contributed by atoms with van der Waals surface area (Å²) in [4.78, 5) is 16.9. The van der Waals surface area contributed by atoms with Gasteiger partial charge in [-0.15, -0.1) is 0 Å².